The number of anilines is 1. The van der Waals surface area contributed by atoms with E-state index in [0.717, 1.165) is 19.2 Å². The topological polar surface area (TPSA) is 90.7 Å². The molecule has 0 heterocycles. The van der Waals surface area contributed by atoms with Gasteiger partial charge < -0.3 is 14.8 Å². The number of esters is 1. The van der Waals surface area contributed by atoms with Gasteiger partial charge in [0.25, 0.3) is 5.69 Å². The largest absolute Gasteiger partial charge is 0.465 e. The lowest BCUT2D eigenvalue weighted by atomic mass is 10.1. The Morgan fingerprint density at radius 1 is 1.47 bits per heavy atom. The number of ether oxygens (including phenoxy) is 2. The highest BCUT2D eigenvalue weighted by molar-refractivity contribution is 5.91. The van der Waals surface area contributed by atoms with Crippen LogP contribution in [0.5, 0.6) is 0 Å². The molecular formula is C11H13FN2O5. The Balaban J connectivity index is 3.14. The van der Waals surface area contributed by atoms with Crippen molar-refractivity contribution in [2.24, 2.45) is 0 Å². The van der Waals surface area contributed by atoms with E-state index in [9.17, 15) is 19.3 Å². The second-order valence-electron chi connectivity index (χ2n) is 3.52. The van der Waals surface area contributed by atoms with E-state index in [4.69, 9.17) is 4.74 Å². The van der Waals surface area contributed by atoms with Crippen molar-refractivity contribution in [1.82, 2.24) is 0 Å². The van der Waals surface area contributed by atoms with Crippen molar-refractivity contribution in [2.45, 2.75) is 0 Å². The van der Waals surface area contributed by atoms with Crippen molar-refractivity contribution >= 4 is 17.3 Å². The zero-order chi connectivity index (χ0) is 14.4. The Labute approximate surface area is 108 Å². The minimum absolute atomic E-state index is 0.0211. The zero-order valence-corrected chi connectivity index (χ0v) is 10.4. The van der Waals surface area contributed by atoms with E-state index in [1.807, 2.05) is 0 Å². The Hall–Kier alpha value is -2.22. The lowest BCUT2D eigenvalue weighted by Crippen LogP contribution is -2.11. The van der Waals surface area contributed by atoms with Crippen molar-refractivity contribution in [3.05, 3.63) is 33.6 Å². The first-order chi connectivity index (χ1) is 9.01. The van der Waals surface area contributed by atoms with Gasteiger partial charge in [0, 0.05) is 25.8 Å². The number of benzene rings is 1. The third kappa shape index (κ3) is 3.62. The number of methoxy groups -OCH3 is 2. The van der Waals surface area contributed by atoms with E-state index in [0.29, 0.717) is 6.61 Å². The van der Waals surface area contributed by atoms with Gasteiger partial charge in [0.05, 0.1) is 18.6 Å². The molecule has 0 fully saturated rings. The summed E-state index contributed by atoms with van der Waals surface area (Å²) in [6.45, 7) is 0.575. The number of rotatable bonds is 6. The molecule has 0 saturated heterocycles. The molecule has 0 spiro atoms. The molecule has 0 aliphatic carbocycles. The van der Waals surface area contributed by atoms with Crippen LogP contribution in [0.1, 0.15) is 10.4 Å². The fourth-order valence-corrected chi connectivity index (χ4v) is 1.41. The monoisotopic (exact) mass is 272 g/mol. The molecule has 0 atom stereocenters. The second kappa shape index (κ2) is 6.64. The molecule has 19 heavy (non-hydrogen) atoms. The Morgan fingerprint density at radius 3 is 2.68 bits per heavy atom. The maximum Gasteiger partial charge on any atom is 0.341 e. The summed E-state index contributed by atoms with van der Waals surface area (Å²) >= 11 is 0. The van der Waals surface area contributed by atoms with E-state index in [-0.39, 0.29) is 12.2 Å². The van der Waals surface area contributed by atoms with E-state index in [1.165, 1.54) is 7.11 Å². The minimum Gasteiger partial charge on any atom is -0.465 e. The Bertz CT molecular complexity index is 492. The lowest BCUT2D eigenvalue weighted by molar-refractivity contribution is -0.384. The molecule has 1 aromatic carbocycles. The van der Waals surface area contributed by atoms with Gasteiger partial charge in [-0.2, -0.15) is 0 Å². The van der Waals surface area contributed by atoms with Crippen LogP contribution in [0.3, 0.4) is 0 Å². The van der Waals surface area contributed by atoms with E-state index in [2.05, 4.69) is 10.1 Å². The molecule has 0 saturated carbocycles. The first-order valence-corrected chi connectivity index (χ1v) is 5.30. The van der Waals surface area contributed by atoms with Crippen LogP contribution in [0.2, 0.25) is 0 Å². The Kier molecular flexibility index (Phi) is 5.19. The van der Waals surface area contributed by atoms with Crippen LogP contribution in [-0.4, -0.2) is 38.3 Å². The summed E-state index contributed by atoms with van der Waals surface area (Å²) in [6, 6.07) is 1.73. The predicted octanol–water partition coefficient (Wildman–Crippen LogP) is 1.58. The molecule has 0 amide bonds. The number of nitro groups is 1. The first-order valence-electron chi connectivity index (χ1n) is 5.30. The molecule has 1 aromatic rings. The fraction of sp³-hybridized carbons (Fsp3) is 0.364. The highest BCUT2D eigenvalue weighted by Crippen LogP contribution is 2.28. The summed E-state index contributed by atoms with van der Waals surface area (Å²) < 4.78 is 22.8. The number of carbonyl (C=O) groups excluding carboxylic acids is 1. The van der Waals surface area contributed by atoms with Gasteiger partial charge in [0.1, 0.15) is 17.1 Å². The van der Waals surface area contributed by atoms with Crippen LogP contribution in [0.15, 0.2) is 12.1 Å². The van der Waals surface area contributed by atoms with Gasteiger partial charge in [0.2, 0.25) is 0 Å². The van der Waals surface area contributed by atoms with Gasteiger partial charge >= 0.3 is 5.97 Å². The zero-order valence-electron chi connectivity index (χ0n) is 10.4. The van der Waals surface area contributed by atoms with Crippen LogP contribution < -0.4 is 5.32 Å². The second-order valence-corrected chi connectivity index (χ2v) is 3.52. The average Bonchev–Trinajstić information content (AvgIpc) is 2.38. The van der Waals surface area contributed by atoms with Gasteiger partial charge in [-0.05, 0) is 0 Å². The molecule has 0 aromatic heterocycles. The number of nitrogens with one attached hydrogen (secondary N) is 1. The van der Waals surface area contributed by atoms with Gasteiger partial charge in [-0.25, -0.2) is 9.18 Å². The molecule has 0 radical (unpaired) electrons. The van der Waals surface area contributed by atoms with Crippen LogP contribution in [0, 0.1) is 15.9 Å². The molecule has 0 aliphatic rings. The van der Waals surface area contributed by atoms with Gasteiger partial charge in [0.15, 0.2) is 0 Å². The summed E-state index contributed by atoms with van der Waals surface area (Å²) in [5.41, 5.74) is -0.906. The first kappa shape index (κ1) is 14.8. The van der Waals surface area contributed by atoms with Gasteiger partial charge in [-0.15, -0.1) is 0 Å². The molecule has 0 unspecified atom stereocenters. The molecule has 104 valence electrons. The van der Waals surface area contributed by atoms with Crippen molar-refractivity contribution in [2.75, 3.05) is 32.7 Å². The Morgan fingerprint density at radius 2 is 2.16 bits per heavy atom. The summed E-state index contributed by atoms with van der Waals surface area (Å²) in [6.07, 6.45) is 0. The van der Waals surface area contributed by atoms with Crippen molar-refractivity contribution < 1.29 is 23.6 Å². The van der Waals surface area contributed by atoms with Crippen molar-refractivity contribution in [3.8, 4) is 0 Å². The third-order valence-corrected chi connectivity index (χ3v) is 2.31. The molecule has 1 N–H and O–H groups in total. The van der Waals surface area contributed by atoms with Gasteiger partial charge in [-0.3, -0.25) is 10.1 Å². The fourth-order valence-electron chi connectivity index (χ4n) is 1.41. The molecule has 1 rings (SSSR count). The van der Waals surface area contributed by atoms with E-state index >= 15 is 0 Å². The standard InChI is InChI=1S/C11H13FN2O5/c1-18-4-3-13-9-6-8(12)7(11(15)19-2)5-10(9)14(16)17/h5-6,13H,3-4H2,1-2H3. The highest BCUT2D eigenvalue weighted by atomic mass is 19.1. The van der Waals surface area contributed by atoms with Crippen molar-refractivity contribution in [1.29, 1.82) is 0 Å². The number of hydrogen-bond donors (Lipinski definition) is 1. The summed E-state index contributed by atoms with van der Waals surface area (Å²) in [4.78, 5) is 21.4. The minimum atomic E-state index is -0.968. The number of hydrogen-bond acceptors (Lipinski definition) is 6. The lowest BCUT2D eigenvalue weighted by Gasteiger charge is -2.08. The van der Waals surface area contributed by atoms with Crippen LogP contribution >= 0.6 is 0 Å². The predicted molar refractivity (Wildman–Crippen MR) is 64.8 cm³/mol. The summed E-state index contributed by atoms with van der Waals surface area (Å²) in [7, 11) is 2.54. The number of nitro benzene ring substituents is 1. The maximum absolute atomic E-state index is 13.6. The van der Waals surface area contributed by atoms with Gasteiger partial charge in [-0.1, -0.05) is 0 Å². The average molecular weight is 272 g/mol. The molecule has 0 aliphatic heterocycles. The quantitative estimate of drug-likeness (QED) is 0.366. The highest BCUT2D eigenvalue weighted by Gasteiger charge is 2.22. The number of halogens is 1. The van der Waals surface area contributed by atoms with E-state index < -0.39 is 28.0 Å². The summed E-state index contributed by atoms with van der Waals surface area (Å²) in [5.74, 6) is -1.86. The smallest absolute Gasteiger partial charge is 0.341 e. The molecule has 7 nitrogen and oxygen atoms in total. The number of nitrogens with zero attached hydrogens (tertiary/aromatic N) is 1. The van der Waals surface area contributed by atoms with Crippen LogP contribution in [-0.2, 0) is 9.47 Å². The number of carbonyl (C=O) groups is 1. The summed E-state index contributed by atoms with van der Waals surface area (Å²) in [5, 5.41) is 13.6. The third-order valence-electron chi connectivity index (χ3n) is 2.31. The van der Waals surface area contributed by atoms with Crippen LogP contribution in [0.25, 0.3) is 0 Å². The van der Waals surface area contributed by atoms with E-state index in [1.54, 1.807) is 0 Å². The normalized spacial score (nSPS) is 10.1. The molecule has 0 bridgehead atoms. The van der Waals surface area contributed by atoms with Crippen molar-refractivity contribution in [3.63, 3.8) is 0 Å². The maximum atomic E-state index is 13.6. The SMILES string of the molecule is COCCNc1cc(F)c(C(=O)OC)cc1[N+](=O)[O-]. The van der Waals surface area contributed by atoms with Crippen LogP contribution in [0.4, 0.5) is 15.8 Å². The molecular weight excluding hydrogens is 259 g/mol. The molecule has 8 heteroatoms.